The van der Waals surface area contributed by atoms with E-state index in [-0.39, 0.29) is 17.2 Å². The normalized spacial score (nSPS) is 11.8. The molecule has 0 N–H and O–H groups in total. The predicted octanol–water partition coefficient (Wildman–Crippen LogP) is 5.35. The maximum Gasteiger partial charge on any atom is 0.416 e. The van der Waals surface area contributed by atoms with E-state index in [0.29, 0.717) is 11.3 Å². The van der Waals surface area contributed by atoms with Gasteiger partial charge in [-0.25, -0.2) is 23.7 Å². The summed E-state index contributed by atoms with van der Waals surface area (Å²) in [5, 5.41) is 0. The molecule has 0 aliphatic heterocycles. The van der Waals surface area contributed by atoms with E-state index in [1.54, 1.807) is 30.7 Å². The van der Waals surface area contributed by atoms with Crippen LogP contribution in [0, 0.1) is 0 Å². The standard InChI is InChI=1S/C20H12F5N5/c21-18(22)16-8-15(12-3-5-14(6-4-12)20(23,24)25)28-19(29-16)30-10-17(27-11-30)13-2-1-7-26-9-13/h1-11,18H. The third kappa shape index (κ3) is 4.02. The van der Waals surface area contributed by atoms with Crippen LogP contribution in [0.4, 0.5) is 22.0 Å². The number of halogens is 5. The Labute approximate surface area is 166 Å². The van der Waals surface area contributed by atoms with E-state index >= 15 is 0 Å². The summed E-state index contributed by atoms with van der Waals surface area (Å²) in [5.41, 5.74) is 0.174. The number of alkyl halides is 5. The van der Waals surface area contributed by atoms with Gasteiger partial charge in [-0.15, -0.1) is 0 Å². The first-order valence-corrected chi connectivity index (χ1v) is 8.61. The minimum Gasteiger partial charge on any atom is -0.274 e. The minimum atomic E-state index is -4.50. The van der Waals surface area contributed by atoms with Crippen molar-refractivity contribution in [2.75, 3.05) is 0 Å². The van der Waals surface area contributed by atoms with Crippen molar-refractivity contribution in [2.24, 2.45) is 0 Å². The maximum absolute atomic E-state index is 13.4. The zero-order valence-corrected chi connectivity index (χ0v) is 15.1. The molecule has 0 atom stereocenters. The quantitative estimate of drug-likeness (QED) is 0.420. The van der Waals surface area contributed by atoms with Crippen LogP contribution in [0.15, 0.2) is 67.4 Å². The molecule has 0 unspecified atom stereocenters. The van der Waals surface area contributed by atoms with E-state index in [2.05, 4.69) is 19.9 Å². The summed E-state index contributed by atoms with van der Waals surface area (Å²) in [7, 11) is 0. The van der Waals surface area contributed by atoms with E-state index in [9.17, 15) is 22.0 Å². The molecule has 0 saturated carbocycles. The summed E-state index contributed by atoms with van der Waals surface area (Å²) in [6.45, 7) is 0. The van der Waals surface area contributed by atoms with Crippen LogP contribution in [0.25, 0.3) is 28.5 Å². The molecular formula is C20H12F5N5. The van der Waals surface area contributed by atoms with Gasteiger partial charge in [0.25, 0.3) is 6.43 Å². The van der Waals surface area contributed by atoms with Crippen molar-refractivity contribution in [3.63, 3.8) is 0 Å². The minimum absolute atomic E-state index is 0.0700. The fraction of sp³-hybridized carbons (Fsp3) is 0.100. The molecule has 0 fully saturated rings. The molecule has 0 bridgehead atoms. The van der Waals surface area contributed by atoms with Gasteiger partial charge < -0.3 is 0 Å². The van der Waals surface area contributed by atoms with Crippen molar-refractivity contribution in [3.05, 3.63) is 78.6 Å². The summed E-state index contributed by atoms with van der Waals surface area (Å²) in [6.07, 6.45) is -1.27. The van der Waals surface area contributed by atoms with E-state index in [4.69, 9.17) is 0 Å². The largest absolute Gasteiger partial charge is 0.416 e. The molecule has 10 heteroatoms. The van der Waals surface area contributed by atoms with Gasteiger partial charge in [0, 0.05) is 29.7 Å². The lowest BCUT2D eigenvalue weighted by Gasteiger charge is -2.10. The molecule has 4 rings (SSSR count). The average Bonchev–Trinajstić information content (AvgIpc) is 3.24. The zero-order chi connectivity index (χ0) is 21.3. The molecule has 1 aromatic carbocycles. The lowest BCUT2D eigenvalue weighted by molar-refractivity contribution is -0.137. The summed E-state index contributed by atoms with van der Waals surface area (Å²) in [6, 6.07) is 8.66. The average molecular weight is 417 g/mol. The second-order valence-electron chi connectivity index (χ2n) is 6.26. The summed E-state index contributed by atoms with van der Waals surface area (Å²) < 4.78 is 66.5. The molecule has 0 spiro atoms. The number of pyridine rings is 1. The SMILES string of the molecule is FC(F)c1cc(-c2ccc(C(F)(F)F)cc2)nc(-n2cnc(-c3cccnc3)c2)n1. The van der Waals surface area contributed by atoms with Gasteiger partial charge in [-0.1, -0.05) is 12.1 Å². The Kier molecular flexibility index (Phi) is 4.98. The number of rotatable bonds is 4. The summed E-state index contributed by atoms with van der Waals surface area (Å²) in [5.74, 6) is -0.0784. The van der Waals surface area contributed by atoms with Crippen molar-refractivity contribution in [2.45, 2.75) is 12.6 Å². The van der Waals surface area contributed by atoms with Crippen LogP contribution >= 0.6 is 0 Å². The fourth-order valence-corrected chi connectivity index (χ4v) is 2.75. The third-order valence-electron chi connectivity index (χ3n) is 4.24. The van der Waals surface area contributed by atoms with Gasteiger partial charge in [0.1, 0.15) is 12.0 Å². The molecule has 0 aliphatic rings. The third-order valence-corrected chi connectivity index (χ3v) is 4.24. The van der Waals surface area contributed by atoms with Crippen LogP contribution in [-0.4, -0.2) is 24.5 Å². The molecule has 4 aromatic rings. The Hall–Kier alpha value is -3.69. The van der Waals surface area contributed by atoms with Gasteiger partial charge in [-0.3, -0.25) is 9.55 Å². The van der Waals surface area contributed by atoms with Crippen LogP contribution < -0.4 is 0 Å². The molecule has 30 heavy (non-hydrogen) atoms. The summed E-state index contributed by atoms with van der Waals surface area (Å²) in [4.78, 5) is 16.3. The van der Waals surface area contributed by atoms with Crippen molar-refractivity contribution in [1.82, 2.24) is 24.5 Å². The number of aromatic nitrogens is 5. The van der Waals surface area contributed by atoms with Gasteiger partial charge in [0.2, 0.25) is 5.95 Å². The van der Waals surface area contributed by atoms with Gasteiger partial charge in [-0.2, -0.15) is 13.2 Å². The predicted molar refractivity (Wildman–Crippen MR) is 97.8 cm³/mol. The summed E-state index contributed by atoms with van der Waals surface area (Å²) >= 11 is 0. The van der Waals surface area contributed by atoms with Crippen LogP contribution in [0.1, 0.15) is 17.7 Å². The van der Waals surface area contributed by atoms with Crippen LogP contribution in [0.3, 0.4) is 0 Å². The lowest BCUT2D eigenvalue weighted by Crippen LogP contribution is -2.05. The van der Waals surface area contributed by atoms with Crippen molar-refractivity contribution < 1.29 is 22.0 Å². The first kappa shape index (κ1) is 19.6. The lowest BCUT2D eigenvalue weighted by atomic mass is 10.1. The van der Waals surface area contributed by atoms with Gasteiger partial charge in [-0.05, 0) is 30.3 Å². The number of nitrogens with zero attached hydrogens (tertiary/aromatic N) is 5. The number of hydrogen-bond acceptors (Lipinski definition) is 4. The Balaban J connectivity index is 1.75. The van der Waals surface area contributed by atoms with E-state index in [0.717, 1.165) is 18.2 Å². The molecular weight excluding hydrogens is 405 g/mol. The maximum atomic E-state index is 13.4. The van der Waals surface area contributed by atoms with E-state index in [1.165, 1.54) is 23.0 Å². The van der Waals surface area contributed by atoms with Crippen LogP contribution in [-0.2, 0) is 6.18 Å². The molecule has 0 aliphatic carbocycles. The zero-order valence-electron chi connectivity index (χ0n) is 15.1. The first-order valence-electron chi connectivity index (χ1n) is 8.61. The van der Waals surface area contributed by atoms with E-state index < -0.39 is 23.9 Å². The molecule has 152 valence electrons. The molecule has 3 heterocycles. The first-order chi connectivity index (χ1) is 14.3. The Morgan fingerprint density at radius 1 is 0.900 bits per heavy atom. The molecule has 0 radical (unpaired) electrons. The van der Waals surface area contributed by atoms with Gasteiger partial charge in [0.05, 0.1) is 17.0 Å². The Morgan fingerprint density at radius 3 is 2.30 bits per heavy atom. The topological polar surface area (TPSA) is 56.5 Å². The number of imidazole rings is 1. The second-order valence-corrected chi connectivity index (χ2v) is 6.26. The number of benzene rings is 1. The van der Waals surface area contributed by atoms with Crippen molar-refractivity contribution in [3.8, 4) is 28.5 Å². The van der Waals surface area contributed by atoms with Gasteiger partial charge in [0.15, 0.2) is 0 Å². The van der Waals surface area contributed by atoms with Crippen molar-refractivity contribution in [1.29, 1.82) is 0 Å². The highest BCUT2D eigenvalue weighted by Crippen LogP contribution is 2.31. The molecule has 3 aromatic heterocycles. The molecule has 0 amide bonds. The smallest absolute Gasteiger partial charge is 0.274 e. The highest BCUT2D eigenvalue weighted by molar-refractivity contribution is 5.61. The fourth-order valence-electron chi connectivity index (χ4n) is 2.75. The highest BCUT2D eigenvalue weighted by atomic mass is 19.4. The monoisotopic (exact) mass is 417 g/mol. The Bertz CT molecular complexity index is 1150. The van der Waals surface area contributed by atoms with Crippen molar-refractivity contribution >= 4 is 0 Å². The molecule has 0 saturated heterocycles. The Morgan fingerprint density at radius 2 is 1.67 bits per heavy atom. The van der Waals surface area contributed by atoms with E-state index in [1.807, 2.05) is 0 Å². The van der Waals surface area contributed by atoms with Crippen LogP contribution in [0.2, 0.25) is 0 Å². The molecule has 5 nitrogen and oxygen atoms in total. The van der Waals surface area contributed by atoms with Crippen LogP contribution in [0.5, 0.6) is 0 Å². The number of hydrogen-bond donors (Lipinski definition) is 0. The van der Waals surface area contributed by atoms with Gasteiger partial charge >= 0.3 is 6.18 Å². The highest BCUT2D eigenvalue weighted by Gasteiger charge is 2.30. The second kappa shape index (κ2) is 7.62.